The summed E-state index contributed by atoms with van der Waals surface area (Å²) >= 11 is 1.50. The van der Waals surface area contributed by atoms with E-state index in [2.05, 4.69) is 10.3 Å². The van der Waals surface area contributed by atoms with E-state index in [1.54, 1.807) is 6.20 Å². The lowest BCUT2D eigenvalue weighted by Gasteiger charge is -2.49. The van der Waals surface area contributed by atoms with Gasteiger partial charge in [-0.3, -0.25) is 9.78 Å². The van der Waals surface area contributed by atoms with E-state index >= 15 is 0 Å². The zero-order valence-electron chi connectivity index (χ0n) is 18.5. The van der Waals surface area contributed by atoms with Crippen LogP contribution in [-0.4, -0.2) is 39.6 Å². The molecule has 1 saturated carbocycles. The number of nitrogens with zero attached hydrogens (tertiary/aromatic N) is 2. The standard InChI is InChI=1S/C24H26F2N4O2S/c1-23(2,26)21(31)29-16-4-6-20-18(9-16)24(12-33-22(27)30-24)17-8-13(3-5-19(17)32-20)14-7-15(25)11-28-10-14/h3,5,7-8,10-11,16,18,20H,4,6,9,12H2,1-2H3,(H2,27,30)(H,29,31). The molecule has 0 bridgehead atoms. The van der Waals surface area contributed by atoms with E-state index in [1.165, 1.54) is 37.9 Å². The van der Waals surface area contributed by atoms with Crippen LogP contribution in [0.2, 0.25) is 0 Å². The van der Waals surface area contributed by atoms with Crippen molar-refractivity contribution in [1.29, 1.82) is 0 Å². The molecule has 33 heavy (non-hydrogen) atoms. The van der Waals surface area contributed by atoms with Crippen molar-refractivity contribution in [3.8, 4) is 16.9 Å². The number of pyridine rings is 1. The predicted octanol–water partition coefficient (Wildman–Crippen LogP) is 3.94. The maximum absolute atomic E-state index is 14.1. The Labute approximate surface area is 195 Å². The van der Waals surface area contributed by atoms with Gasteiger partial charge in [-0.25, -0.2) is 13.8 Å². The van der Waals surface area contributed by atoms with E-state index in [4.69, 9.17) is 15.5 Å². The normalized spacial score (nSPS) is 28.5. The van der Waals surface area contributed by atoms with Crippen LogP contribution in [0.3, 0.4) is 0 Å². The second-order valence-corrected chi connectivity index (χ2v) is 10.5. The number of nitrogens with two attached hydrogens (primary N) is 1. The van der Waals surface area contributed by atoms with Crippen LogP contribution in [0.1, 0.15) is 38.7 Å². The van der Waals surface area contributed by atoms with Gasteiger partial charge in [-0.15, -0.1) is 0 Å². The van der Waals surface area contributed by atoms with Crippen molar-refractivity contribution in [2.24, 2.45) is 16.6 Å². The third-order valence-corrected chi connectivity index (χ3v) is 7.76. The van der Waals surface area contributed by atoms with Gasteiger partial charge >= 0.3 is 0 Å². The molecule has 1 fully saturated rings. The number of nitrogens with one attached hydrogen (secondary N) is 1. The molecule has 1 aromatic heterocycles. The Morgan fingerprint density at radius 2 is 2.09 bits per heavy atom. The average molecular weight is 473 g/mol. The molecule has 1 aromatic carbocycles. The number of carbonyl (C=O) groups excluding carboxylic acids is 1. The molecule has 1 aliphatic carbocycles. The molecule has 1 spiro atoms. The van der Waals surface area contributed by atoms with Gasteiger partial charge in [-0.1, -0.05) is 17.8 Å². The minimum Gasteiger partial charge on any atom is -0.490 e. The molecule has 0 saturated heterocycles. The van der Waals surface area contributed by atoms with Crippen LogP contribution in [0.25, 0.3) is 11.1 Å². The SMILES string of the molecule is CC(C)(F)C(=O)NC1CCC2Oc3ccc(-c4cncc(F)c4)cc3C3(CSC(N)=N3)C2C1. The number of fused-ring (bicyclic) bond motifs is 4. The number of benzene rings is 1. The smallest absolute Gasteiger partial charge is 0.257 e. The van der Waals surface area contributed by atoms with E-state index in [9.17, 15) is 13.6 Å². The van der Waals surface area contributed by atoms with Gasteiger partial charge in [0.05, 0.1) is 6.20 Å². The molecule has 3 aliphatic rings. The van der Waals surface area contributed by atoms with Gasteiger partial charge in [0.15, 0.2) is 10.8 Å². The number of ether oxygens (including phenoxy) is 1. The monoisotopic (exact) mass is 472 g/mol. The second-order valence-electron chi connectivity index (χ2n) is 9.48. The maximum atomic E-state index is 14.1. The van der Waals surface area contributed by atoms with Crippen molar-refractivity contribution in [3.05, 3.63) is 48.0 Å². The highest BCUT2D eigenvalue weighted by atomic mass is 32.2. The molecule has 0 radical (unpaired) electrons. The molecule has 3 heterocycles. The number of carbonyl (C=O) groups is 1. The van der Waals surface area contributed by atoms with Gasteiger partial charge in [-0.2, -0.15) is 0 Å². The minimum atomic E-state index is -1.94. The zero-order valence-corrected chi connectivity index (χ0v) is 19.3. The third kappa shape index (κ3) is 3.96. The lowest BCUT2D eigenvalue weighted by Crippen LogP contribution is -2.55. The highest BCUT2D eigenvalue weighted by Crippen LogP contribution is 2.54. The summed E-state index contributed by atoms with van der Waals surface area (Å²) in [5.41, 5.74) is 5.96. The summed E-state index contributed by atoms with van der Waals surface area (Å²) < 4.78 is 34.3. The number of alkyl halides is 1. The molecule has 2 aromatic rings. The molecule has 174 valence electrons. The van der Waals surface area contributed by atoms with Crippen LogP contribution in [-0.2, 0) is 10.3 Å². The highest BCUT2D eigenvalue weighted by molar-refractivity contribution is 8.14. The molecule has 4 atom stereocenters. The molecule has 9 heteroatoms. The number of hydrogen-bond acceptors (Lipinski definition) is 6. The van der Waals surface area contributed by atoms with Crippen LogP contribution < -0.4 is 15.8 Å². The van der Waals surface area contributed by atoms with E-state index in [0.717, 1.165) is 23.3 Å². The predicted molar refractivity (Wildman–Crippen MR) is 124 cm³/mol. The van der Waals surface area contributed by atoms with Gasteiger partial charge in [-0.05, 0) is 56.9 Å². The first-order valence-electron chi connectivity index (χ1n) is 11.1. The van der Waals surface area contributed by atoms with E-state index in [0.29, 0.717) is 29.3 Å². The second kappa shape index (κ2) is 7.97. The average Bonchev–Trinajstić information content (AvgIpc) is 3.16. The molecule has 1 amide bonds. The summed E-state index contributed by atoms with van der Waals surface area (Å²) in [6.45, 7) is 2.52. The largest absolute Gasteiger partial charge is 0.490 e. The molecule has 5 rings (SSSR count). The molecular weight excluding hydrogens is 446 g/mol. The van der Waals surface area contributed by atoms with Gasteiger partial charge in [0.25, 0.3) is 5.91 Å². The summed E-state index contributed by atoms with van der Waals surface area (Å²) in [6.07, 6.45) is 4.74. The molecule has 3 N–H and O–H groups in total. The molecular formula is C24H26F2N4O2S. The Bertz CT molecular complexity index is 1140. The van der Waals surface area contributed by atoms with E-state index in [-0.39, 0.29) is 18.1 Å². The number of aromatic nitrogens is 1. The Morgan fingerprint density at radius 1 is 1.27 bits per heavy atom. The van der Waals surface area contributed by atoms with Crippen molar-refractivity contribution >= 4 is 22.8 Å². The summed E-state index contributed by atoms with van der Waals surface area (Å²) in [5, 5.41) is 3.38. The highest BCUT2D eigenvalue weighted by Gasteiger charge is 2.55. The number of aliphatic imine (C=N–C) groups is 1. The molecule has 6 nitrogen and oxygen atoms in total. The Balaban J connectivity index is 1.53. The first kappa shape index (κ1) is 22.1. The maximum Gasteiger partial charge on any atom is 0.257 e. The van der Waals surface area contributed by atoms with Crippen LogP contribution in [0.4, 0.5) is 8.78 Å². The van der Waals surface area contributed by atoms with Crippen molar-refractivity contribution in [3.63, 3.8) is 0 Å². The summed E-state index contributed by atoms with van der Waals surface area (Å²) in [4.78, 5) is 21.2. The van der Waals surface area contributed by atoms with Crippen molar-refractivity contribution in [1.82, 2.24) is 10.3 Å². The van der Waals surface area contributed by atoms with Crippen LogP contribution in [0.15, 0.2) is 41.7 Å². The van der Waals surface area contributed by atoms with E-state index in [1.807, 2.05) is 18.2 Å². The van der Waals surface area contributed by atoms with Crippen molar-refractivity contribution in [2.45, 2.75) is 56.5 Å². The van der Waals surface area contributed by atoms with Crippen LogP contribution in [0.5, 0.6) is 5.75 Å². The van der Waals surface area contributed by atoms with Crippen molar-refractivity contribution < 1.29 is 18.3 Å². The summed E-state index contributed by atoms with van der Waals surface area (Å²) in [6, 6.07) is 7.06. The number of amides is 1. The first-order valence-corrected chi connectivity index (χ1v) is 12.0. The van der Waals surface area contributed by atoms with Crippen LogP contribution >= 0.6 is 11.8 Å². The fraction of sp³-hybridized carbons (Fsp3) is 0.458. The fourth-order valence-corrected chi connectivity index (χ4v) is 6.16. The number of thioether (sulfide) groups is 1. The van der Waals surface area contributed by atoms with Crippen molar-refractivity contribution in [2.75, 3.05) is 5.75 Å². The first-order chi connectivity index (χ1) is 15.7. The Morgan fingerprint density at radius 3 is 2.79 bits per heavy atom. The lowest BCUT2D eigenvalue weighted by atomic mass is 9.67. The molecule has 4 unspecified atom stereocenters. The number of rotatable bonds is 3. The summed E-state index contributed by atoms with van der Waals surface area (Å²) in [7, 11) is 0. The Kier molecular flexibility index (Phi) is 5.34. The minimum absolute atomic E-state index is 0.0405. The number of amidine groups is 1. The van der Waals surface area contributed by atoms with E-state index < -0.39 is 22.9 Å². The van der Waals surface area contributed by atoms with Gasteiger partial charge in [0.2, 0.25) is 0 Å². The topological polar surface area (TPSA) is 89.6 Å². The summed E-state index contributed by atoms with van der Waals surface area (Å²) in [5.74, 6) is 0.339. The van der Waals surface area contributed by atoms with Gasteiger partial charge < -0.3 is 15.8 Å². The third-order valence-electron chi connectivity index (χ3n) is 6.79. The van der Waals surface area contributed by atoms with Gasteiger partial charge in [0.1, 0.15) is 23.2 Å². The fourth-order valence-electron chi connectivity index (χ4n) is 5.13. The molecule has 2 aliphatic heterocycles. The quantitative estimate of drug-likeness (QED) is 0.706. The number of hydrogen-bond donors (Lipinski definition) is 2. The lowest BCUT2D eigenvalue weighted by molar-refractivity contribution is -0.132. The van der Waals surface area contributed by atoms with Crippen LogP contribution in [0, 0.1) is 11.7 Å². The Hall–Kier alpha value is -2.68. The zero-order chi connectivity index (χ0) is 23.4. The number of halogens is 2. The van der Waals surface area contributed by atoms with Gasteiger partial charge in [0, 0.05) is 35.0 Å².